The van der Waals surface area contributed by atoms with Gasteiger partial charge < -0.3 is 4.74 Å². The normalized spacial score (nSPS) is 11.4. The average Bonchev–Trinajstić information content (AvgIpc) is 2.38. The molecule has 0 amide bonds. The van der Waals surface area contributed by atoms with Crippen LogP contribution in [0.5, 0.6) is 5.88 Å². The first kappa shape index (κ1) is 13.7. The molecule has 0 saturated carbocycles. The van der Waals surface area contributed by atoms with Gasteiger partial charge >= 0.3 is 6.18 Å². The van der Waals surface area contributed by atoms with E-state index in [4.69, 9.17) is 16.3 Å². The van der Waals surface area contributed by atoms with Gasteiger partial charge in [-0.1, -0.05) is 23.7 Å². The van der Waals surface area contributed by atoms with Gasteiger partial charge in [-0.3, -0.25) is 0 Å². The molecule has 2 nitrogen and oxygen atoms in total. The first-order chi connectivity index (χ1) is 8.91. The fourth-order valence-corrected chi connectivity index (χ4v) is 1.80. The highest BCUT2D eigenvalue weighted by molar-refractivity contribution is 6.33. The molecule has 2 aromatic rings. The first-order valence-electron chi connectivity index (χ1n) is 5.29. The number of aromatic nitrogens is 1. The summed E-state index contributed by atoms with van der Waals surface area (Å²) < 4.78 is 42.4. The maximum Gasteiger partial charge on any atom is 0.416 e. The molecule has 0 fully saturated rings. The highest BCUT2D eigenvalue weighted by Gasteiger charge is 2.30. The zero-order chi connectivity index (χ0) is 14.0. The van der Waals surface area contributed by atoms with Crippen LogP contribution >= 0.6 is 11.6 Å². The number of hydrogen-bond acceptors (Lipinski definition) is 2. The van der Waals surface area contributed by atoms with Gasteiger partial charge in [0.15, 0.2) is 0 Å². The third kappa shape index (κ3) is 2.98. The van der Waals surface area contributed by atoms with E-state index in [1.54, 1.807) is 6.07 Å². The maximum absolute atomic E-state index is 12.5. The summed E-state index contributed by atoms with van der Waals surface area (Å²) in [5.41, 5.74) is 0.439. The van der Waals surface area contributed by atoms with Crippen molar-refractivity contribution in [2.75, 3.05) is 7.11 Å². The Morgan fingerprint density at radius 3 is 2.32 bits per heavy atom. The molecule has 0 spiro atoms. The number of methoxy groups -OCH3 is 1. The fraction of sp³-hybridized carbons (Fsp3) is 0.154. The predicted molar refractivity (Wildman–Crippen MR) is 66.2 cm³/mol. The number of rotatable bonds is 2. The molecule has 0 aliphatic rings. The highest BCUT2D eigenvalue weighted by atomic mass is 35.5. The van der Waals surface area contributed by atoms with E-state index in [-0.39, 0.29) is 0 Å². The van der Waals surface area contributed by atoms with Crippen LogP contribution in [-0.4, -0.2) is 12.1 Å². The average molecular weight is 288 g/mol. The van der Waals surface area contributed by atoms with Gasteiger partial charge in [0, 0.05) is 11.6 Å². The maximum atomic E-state index is 12.5. The van der Waals surface area contributed by atoms with Crippen molar-refractivity contribution in [3.8, 4) is 17.0 Å². The van der Waals surface area contributed by atoms with Crippen LogP contribution in [0.25, 0.3) is 11.1 Å². The predicted octanol–water partition coefficient (Wildman–Crippen LogP) is 4.43. The Kier molecular flexibility index (Phi) is 3.66. The molecule has 19 heavy (non-hydrogen) atoms. The summed E-state index contributed by atoms with van der Waals surface area (Å²) in [5, 5.41) is 0.348. The molecule has 0 aliphatic carbocycles. The fourth-order valence-electron chi connectivity index (χ4n) is 1.59. The van der Waals surface area contributed by atoms with Gasteiger partial charge in [-0.25, -0.2) is 4.98 Å². The molecule has 0 bridgehead atoms. The van der Waals surface area contributed by atoms with E-state index in [9.17, 15) is 13.2 Å². The lowest BCUT2D eigenvalue weighted by Crippen LogP contribution is -2.04. The molecule has 0 radical (unpaired) electrons. The van der Waals surface area contributed by atoms with Crippen molar-refractivity contribution in [1.82, 2.24) is 4.98 Å². The number of nitrogens with zero attached hydrogens (tertiary/aromatic N) is 1. The zero-order valence-electron chi connectivity index (χ0n) is 9.83. The van der Waals surface area contributed by atoms with Crippen molar-refractivity contribution in [2.45, 2.75) is 6.18 Å². The summed E-state index contributed by atoms with van der Waals surface area (Å²) >= 11 is 5.98. The minimum Gasteiger partial charge on any atom is -0.481 e. The molecule has 1 aromatic heterocycles. The second-order valence-electron chi connectivity index (χ2n) is 3.78. The van der Waals surface area contributed by atoms with Crippen molar-refractivity contribution < 1.29 is 17.9 Å². The molecule has 1 aromatic carbocycles. The van der Waals surface area contributed by atoms with Gasteiger partial charge in [0.2, 0.25) is 5.88 Å². The number of pyridine rings is 1. The summed E-state index contributed by atoms with van der Waals surface area (Å²) in [4.78, 5) is 3.91. The van der Waals surface area contributed by atoms with Crippen molar-refractivity contribution >= 4 is 11.6 Å². The topological polar surface area (TPSA) is 22.1 Å². The second-order valence-corrected chi connectivity index (χ2v) is 4.19. The van der Waals surface area contributed by atoms with Crippen LogP contribution in [0.4, 0.5) is 13.2 Å². The Morgan fingerprint density at radius 2 is 1.79 bits per heavy atom. The number of alkyl halides is 3. The zero-order valence-corrected chi connectivity index (χ0v) is 10.6. The smallest absolute Gasteiger partial charge is 0.416 e. The van der Waals surface area contributed by atoms with Crippen molar-refractivity contribution in [3.05, 3.63) is 47.1 Å². The quantitative estimate of drug-likeness (QED) is 0.815. The van der Waals surface area contributed by atoms with Gasteiger partial charge in [0.1, 0.15) is 0 Å². The van der Waals surface area contributed by atoms with Crippen LogP contribution in [0, 0.1) is 0 Å². The molecule has 6 heteroatoms. The van der Waals surface area contributed by atoms with Gasteiger partial charge in [-0.2, -0.15) is 13.2 Å². The number of ether oxygens (including phenoxy) is 1. The Morgan fingerprint density at radius 1 is 1.16 bits per heavy atom. The molecule has 2 rings (SSSR count). The van der Waals surface area contributed by atoms with E-state index < -0.39 is 11.7 Å². The van der Waals surface area contributed by atoms with Crippen LogP contribution < -0.4 is 4.74 Å². The number of benzene rings is 1. The molecule has 0 unspecified atom stereocenters. The SMILES string of the molecule is COc1cc(-c2ccc(C(F)(F)F)cc2)c(Cl)cn1. The first-order valence-corrected chi connectivity index (χ1v) is 5.67. The molecule has 100 valence electrons. The molecule has 0 aliphatic heterocycles. The Balaban J connectivity index is 2.42. The number of halogens is 4. The lowest BCUT2D eigenvalue weighted by Gasteiger charge is -2.09. The second kappa shape index (κ2) is 5.09. The van der Waals surface area contributed by atoms with Gasteiger partial charge in [0.05, 0.1) is 23.9 Å². The van der Waals surface area contributed by atoms with Crippen LogP contribution in [0.1, 0.15) is 5.56 Å². The third-order valence-corrected chi connectivity index (χ3v) is 2.86. The Bertz CT molecular complexity index is 581. The third-order valence-electron chi connectivity index (χ3n) is 2.56. The van der Waals surface area contributed by atoms with E-state index in [0.29, 0.717) is 22.0 Å². The molecular formula is C13H9ClF3NO. The summed E-state index contributed by atoms with van der Waals surface area (Å²) in [6, 6.07) is 6.33. The summed E-state index contributed by atoms with van der Waals surface area (Å²) in [6.45, 7) is 0. The minimum atomic E-state index is -4.35. The monoisotopic (exact) mass is 287 g/mol. The van der Waals surface area contributed by atoms with Crippen molar-refractivity contribution in [3.63, 3.8) is 0 Å². The Hall–Kier alpha value is -1.75. The summed E-state index contributed by atoms with van der Waals surface area (Å²) in [7, 11) is 1.45. The van der Waals surface area contributed by atoms with Gasteiger partial charge in [0.25, 0.3) is 0 Å². The van der Waals surface area contributed by atoms with Crippen molar-refractivity contribution in [2.24, 2.45) is 0 Å². The van der Waals surface area contributed by atoms with E-state index >= 15 is 0 Å². The van der Waals surface area contributed by atoms with Crippen LogP contribution in [0.15, 0.2) is 36.5 Å². The van der Waals surface area contributed by atoms with Crippen LogP contribution in [-0.2, 0) is 6.18 Å². The lowest BCUT2D eigenvalue weighted by molar-refractivity contribution is -0.137. The van der Waals surface area contributed by atoms with Gasteiger partial charge in [-0.05, 0) is 17.7 Å². The molecule has 0 saturated heterocycles. The van der Waals surface area contributed by atoms with Crippen molar-refractivity contribution in [1.29, 1.82) is 0 Å². The summed E-state index contributed by atoms with van der Waals surface area (Å²) in [6.07, 6.45) is -2.95. The van der Waals surface area contributed by atoms with Crippen LogP contribution in [0.2, 0.25) is 5.02 Å². The minimum absolute atomic E-state index is 0.347. The summed E-state index contributed by atoms with van der Waals surface area (Å²) in [5.74, 6) is 0.347. The Labute approximate surface area is 112 Å². The standard InChI is InChI=1S/C13H9ClF3NO/c1-19-12-6-10(11(14)7-18-12)8-2-4-9(5-3-8)13(15,16)17/h2-7H,1H3. The number of hydrogen-bond donors (Lipinski definition) is 0. The van der Waals surface area contributed by atoms with E-state index in [2.05, 4.69) is 4.98 Å². The molecule has 0 N–H and O–H groups in total. The largest absolute Gasteiger partial charge is 0.481 e. The van der Waals surface area contributed by atoms with E-state index in [1.807, 2.05) is 0 Å². The molecule has 1 heterocycles. The lowest BCUT2D eigenvalue weighted by atomic mass is 10.0. The van der Waals surface area contributed by atoms with Crippen LogP contribution in [0.3, 0.4) is 0 Å². The molecule has 0 atom stereocenters. The van der Waals surface area contributed by atoms with Gasteiger partial charge in [-0.15, -0.1) is 0 Å². The van der Waals surface area contributed by atoms with E-state index in [0.717, 1.165) is 12.1 Å². The van der Waals surface area contributed by atoms with E-state index in [1.165, 1.54) is 25.4 Å². The highest BCUT2D eigenvalue weighted by Crippen LogP contribution is 2.33. The molecular weight excluding hydrogens is 279 g/mol.